The predicted molar refractivity (Wildman–Crippen MR) is 82.8 cm³/mol. The molecule has 3 unspecified atom stereocenters. The van der Waals surface area contributed by atoms with E-state index in [2.05, 4.69) is 22.9 Å². The Hall–Kier alpha value is -0.790. The molecule has 2 amide bonds. The highest BCUT2D eigenvalue weighted by atomic mass is 32.2. The fourth-order valence-electron chi connectivity index (χ4n) is 2.61. The first kappa shape index (κ1) is 16.6. The summed E-state index contributed by atoms with van der Waals surface area (Å²) in [5, 5.41) is 9.12. The lowest BCUT2D eigenvalue weighted by Gasteiger charge is -2.30. The van der Waals surface area contributed by atoms with Crippen molar-refractivity contribution < 1.29 is 14.3 Å². The summed E-state index contributed by atoms with van der Waals surface area (Å²) < 4.78 is 5.46. The molecule has 2 aliphatic rings. The van der Waals surface area contributed by atoms with Gasteiger partial charge in [-0.1, -0.05) is 13.3 Å². The lowest BCUT2D eigenvalue weighted by atomic mass is 10.1. The summed E-state index contributed by atoms with van der Waals surface area (Å²) in [6.45, 7) is 3.49. The fraction of sp³-hybridized carbons (Fsp3) is 0.857. The van der Waals surface area contributed by atoms with Gasteiger partial charge in [0.2, 0.25) is 11.8 Å². The topological polar surface area (TPSA) is 79.5 Å². The molecule has 2 heterocycles. The Balaban J connectivity index is 1.64. The number of carbonyl (C=O) groups is 2. The van der Waals surface area contributed by atoms with Gasteiger partial charge in [0.05, 0.1) is 11.9 Å². The first-order chi connectivity index (χ1) is 10.2. The Morgan fingerprint density at radius 1 is 1.52 bits per heavy atom. The van der Waals surface area contributed by atoms with Gasteiger partial charge in [-0.15, -0.1) is 11.8 Å². The second kappa shape index (κ2) is 8.60. The van der Waals surface area contributed by atoms with Gasteiger partial charge in [0.25, 0.3) is 0 Å². The molecule has 21 heavy (non-hydrogen) atoms. The lowest BCUT2D eigenvalue weighted by Crippen LogP contribution is -2.55. The van der Waals surface area contributed by atoms with Crippen LogP contribution in [0.1, 0.15) is 39.0 Å². The van der Waals surface area contributed by atoms with E-state index >= 15 is 0 Å². The maximum absolute atomic E-state index is 11.8. The van der Waals surface area contributed by atoms with Crippen molar-refractivity contribution in [2.45, 2.75) is 56.7 Å². The molecule has 120 valence electrons. The van der Waals surface area contributed by atoms with Crippen molar-refractivity contribution >= 4 is 23.6 Å². The minimum absolute atomic E-state index is 0.0100. The van der Waals surface area contributed by atoms with E-state index in [4.69, 9.17) is 4.74 Å². The Kier molecular flexibility index (Phi) is 6.79. The van der Waals surface area contributed by atoms with Gasteiger partial charge in [-0.05, 0) is 19.3 Å². The van der Waals surface area contributed by atoms with Crippen molar-refractivity contribution in [2.24, 2.45) is 0 Å². The molecule has 3 atom stereocenters. The molecule has 2 fully saturated rings. The Morgan fingerprint density at radius 3 is 3.10 bits per heavy atom. The van der Waals surface area contributed by atoms with E-state index < -0.39 is 0 Å². The SMILES string of the molecule is CCCC1CC(=O)NC(SCC(=O)NCC2CCCO2)N1. The fourth-order valence-corrected chi connectivity index (χ4v) is 3.53. The minimum Gasteiger partial charge on any atom is -0.376 e. The third-order valence-electron chi connectivity index (χ3n) is 3.68. The number of hydrogen-bond donors (Lipinski definition) is 3. The van der Waals surface area contributed by atoms with Gasteiger partial charge in [0.1, 0.15) is 5.50 Å². The Labute approximate surface area is 130 Å². The van der Waals surface area contributed by atoms with Crippen LogP contribution < -0.4 is 16.0 Å². The van der Waals surface area contributed by atoms with E-state index in [0.29, 0.717) is 18.7 Å². The van der Waals surface area contributed by atoms with E-state index in [1.807, 2.05) is 0 Å². The molecular weight excluding hydrogens is 290 g/mol. The molecule has 0 aromatic rings. The summed E-state index contributed by atoms with van der Waals surface area (Å²) in [4.78, 5) is 23.4. The average Bonchev–Trinajstić information content (AvgIpc) is 2.96. The van der Waals surface area contributed by atoms with Gasteiger partial charge >= 0.3 is 0 Å². The van der Waals surface area contributed by atoms with Crippen LogP contribution in [0.25, 0.3) is 0 Å². The maximum atomic E-state index is 11.8. The number of amides is 2. The maximum Gasteiger partial charge on any atom is 0.230 e. The number of rotatable bonds is 7. The highest BCUT2D eigenvalue weighted by Gasteiger charge is 2.25. The summed E-state index contributed by atoms with van der Waals surface area (Å²) in [7, 11) is 0. The molecule has 0 spiro atoms. The second-order valence-electron chi connectivity index (χ2n) is 5.55. The number of ether oxygens (including phenoxy) is 1. The van der Waals surface area contributed by atoms with E-state index in [9.17, 15) is 9.59 Å². The van der Waals surface area contributed by atoms with Gasteiger partial charge in [-0.3, -0.25) is 14.9 Å². The summed E-state index contributed by atoms with van der Waals surface area (Å²) in [6.07, 6.45) is 4.81. The highest BCUT2D eigenvalue weighted by Crippen LogP contribution is 2.15. The van der Waals surface area contributed by atoms with Crippen molar-refractivity contribution in [3.8, 4) is 0 Å². The van der Waals surface area contributed by atoms with Crippen LogP contribution >= 0.6 is 11.8 Å². The number of hydrogen-bond acceptors (Lipinski definition) is 5. The summed E-state index contributed by atoms with van der Waals surface area (Å²) >= 11 is 1.43. The third-order valence-corrected chi connectivity index (χ3v) is 4.70. The molecule has 0 aromatic carbocycles. The normalized spacial score (nSPS) is 29.2. The summed E-state index contributed by atoms with van der Waals surface area (Å²) in [5.41, 5.74) is -0.170. The zero-order chi connectivity index (χ0) is 15.1. The van der Waals surface area contributed by atoms with Crippen molar-refractivity contribution in [3.63, 3.8) is 0 Å². The monoisotopic (exact) mass is 315 g/mol. The largest absolute Gasteiger partial charge is 0.376 e. The standard InChI is InChI=1S/C14H25N3O3S/c1-2-4-10-7-12(18)17-14(16-10)21-9-13(19)15-8-11-5-3-6-20-11/h10-11,14,16H,2-9H2,1H3,(H,15,19)(H,17,18). The van der Waals surface area contributed by atoms with Crippen LogP contribution in [-0.2, 0) is 14.3 Å². The van der Waals surface area contributed by atoms with Crippen LogP contribution in [0.3, 0.4) is 0 Å². The highest BCUT2D eigenvalue weighted by molar-refractivity contribution is 8.00. The molecule has 0 saturated carbocycles. The van der Waals surface area contributed by atoms with Crippen LogP contribution in [0.5, 0.6) is 0 Å². The molecule has 7 heteroatoms. The first-order valence-electron chi connectivity index (χ1n) is 7.72. The quantitative estimate of drug-likeness (QED) is 0.640. The van der Waals surface area contributed by atoms with E-state index in [-0.39, 0.29) is 29.5 Å². The van der Waals surface area contributed by atoms with E-state index in [0.717, 1.165) is 32.3 Å². The molecular formula is C14H25N3O3S. The van der Waals surface area contributed by atoms with Crippen molar-refractivity contribution in [2.75, 3.05) is 18.9 Å². The molecule has 0 aromatic heterocycles. The zero-order valence-electron chi connectivity index (χ0n) is 12.5. The first-order valence-corrected chi connectivity index (χ1v) is 8.77. The molecule has 3 N–H and O–H groups in total. The van der Waals surface area contributed by atoms with Crippen LogP contribution in [-0.4, -0.2) is 48.4 Å². The Bertz CT molecular complexity index is 361. The molecule has 0 aliphatic carbocycles. The van der Waals surface area contributed by atoms with Gasteiger partial charge in [0, 0.05) is 25.6 Å². The van der Waals surface area contributed by atoms with Crippen LogP contribution in [0.2, 0.25) is 0 Å². The molecule has 2 aliphatic heterocycles. The predicted octanol–water partition coefficient (Wildman–Crippen LogP) is 0.577. The van der Waals surface area contributed by atoms with Crippen LogP contribution in [0.4, 0.5) is 0 Å². The van der Waals surface area contributed by atoms with Gasteiger partial charge in [-0.25, -0.2) is 0 Å². The summed E-state index contributed by atoms with van der Waals surface area (Å²) in [5.74, 6) is 0.386. The smallest absolute Gasteiger partial charge is 0.230 e. The van der Waals surface area contributed by atoms with Gasteiger partial charge in [0.15, 0.2) is 0 Å². The van der Waals surface area contributed by atoms with Gasteiger partial charge < -0.3 is 15.4 Å². The Morgan fingerprint density at radius 2 is 2.38 bits per heavy atom. The van der Waals surface area contributed by atoms with E-state index in [1.165, 1.54) is 11.8 Å². The van der Waals surface area contributed by atoms with Crippen LogP contribution in [0.15, 0.2) is 0 Å². The number of thioether (sulfide) groups is 1. The molecule has 0 bridgehead atoms. The molecule has 6 nitrogen and oxygen atoms in total. The minimum atomic E-state index is -0.170. The third kappa shape index (κ3) is 5.84. The molecule has 2 rings (SSSR count). The van der Waals surface area contributed by atoms with Crippen molar-refractivity contribution in [3.05, 3.63) is 0 Å². The van der Waals surface area contributed by atoms with Crippen molar-refractivity contribution in [1.29, 1.82) is 0 Å². The number of nitrogens with one attached hydrogen (secondary N) is 3. The molecule has 2 saturated heterocycles. The second-order valence-corrected chi connectivity index (χ2v) is 6.65. The summed E-state index contributed by atoms with van der Waals surface area (Å²) in [6, 6.07) is 0.219. The van der Waals surface area contributed by atoms with Crippen LogP contribution in [0, 0.1) is 0 Å². The zero-order valence-corrected chi connectivity index (χ0v) is 13.3. The lowest BCUT2D eigenvalue weighted by molar-refractivity contribution is -0.123. The van der Waals surface area contributed by atoms with E-state index in [1.54, 1.807) is 0 Å². The van der Waals surface area contributed by atoms with Gasteiger partial charge in [-0.2, -0.15) is 0 Å². The molecule has 0 radical (unpaired) electrons. The van der Waals surface area contributed by atoms with Crippen molar-refractivity contribution in [1.82, 2.24) is 16.0 Å². The number of carbonyl (C=O) groups excluding carboxylic acids is 2. The average molecular weight is 315 g/mol.